The maximum Gasteiger partial charge on any atom is 0.410 e. The van der Waals surface area contributed by atoms with Crippen molar-refractivity contribution in [1.29, 1.82) is 0 Å². The van der Waals surface area contributed by atoms with Gasteiger partial charge in [0.2, 0.25) is 0 Å². The molecule has 0 spiro atoms. The molecule has 0 aliphatic heterocycles. The first-order chi connectivity index (χ1) is 13.7. The van der Waals surface area contributed by atoms with Crippen LogP contribution in [0.4, 0.5) is 9.59 Å². The summed E-state index contributed by atoms with van der Waals surface area (Å²) in [4.78, 5) is 25.5. The molecule has 3 N–H and O–H groups in total. The van der Waals surface area contributed by atoms with Crippen molar-refractivity contribution in [3.05, 3.63) is 71.8 Å². The maximum absolute atomic E-state index is 12.2. The minimum Gasteiger partial charge on any atom is -0.445 e. The molecule has 28 heavy (non-hydrogen) atoms. The van der Waals surface area contributed by atoms with Crippen molar-refractivity contribution in [1.82, 2.24) is 10.2 Å². The zero-order chi connectivity index (χ0) is 20.0. The molecule has 0 unspecified atom stereocenters. The lowest BCUT2D eigenvalue weighted by Crippen LogP contribution is -2.38. The van der Waals surface area contributed by atoms with Crippen LogP contribution in [-0.2, 0) is 22.7 Å². The Morgan fingerprint density at radius 3 is 2.00 bits per heavy atom. The van der Waals surface area contributed by atoms with Crippen LogP contribution in [0.5, 0.6) is 0 Å². The van der Waals surface area contributed by atoms with Crippen LogP contribution in [-0.4, -0.2) is 43.3 Å². The van der Waals surface area contributed by atoms with Crippen LogP contribution in [0, 0.1) is 0 Å². The van der Waals surface area contributed by atoms with Crippen LogP contribution >= 0.6 is 0 Å². The topological polar surface area (TPSA) is 93.9 Å². The fraction of sp³-hybridized carbons (Fsp3) is 0.333. The largest absolute Gasteiger partial charge is 0.445 e. The van der Waals surface area contributed by atoms with Gasteiger partial charge in [0.1, 0.15) is 13.2 Å². The Bertz CT molecular complexity index is 710. The molecule has 7 nitrogen and oxygen atoms in total. The molecule has 0 aliphatic rings. The molecule has 0 saturated carbocycles. The van der Waals surface area contributed by atoms with Gasteiger partial charge in [0.05, 0.1) is 0 Å². The van der Waals surface area contributed by atoms with Crippen molar-refractivity contribution in [3.8, 4) is 0 Å². The third-order valence-electron chi connectivity index (χ3n) is 3.95. The summed E-state index contributed by atoms with van der Waals surface area (Å²) in [5.74, 6) is 0. The van der Waals surface area contributed by atoms with Crippen LogP contribution in [0.2, 0.25) is 0 Å². The Hall–Kier alpha value is -3.06. The summed E-state index contributed by atoms with van der Waals surface area (Å²) in [6, 6.07) is 18.9. The Morgan fingerprint density at radius 2 is 1.43 bits per heavy atom. The first-order valence-electron chi connectivity index (χ1n) is 9.29. The van der Waals surface area contributed by atoms with E-state index in [0.717, 1.165) is 11.1 Å². The van der Waals surface area contributed by atoms with Crippen LogP contribution in [0.15, 0.2) is 60.7 Å². The summed E-state index contributed by atoms with van der Waals surface area (Å²) in [5.41, 5.74) is 7.43. The number of rotatable bonds is 10. The summed E-state index contributed by atoms with van der Waals surface area (Å²) in [6.45, 7) is 1.99. The highest BCUT2D eigenvalue weighted by molar-refractivity contribution is 5.68. The van der Waals surface area contributed by atoms with E-state index in [2.05, 4.69) is 5.32 Å². The Balaban J connectivity index is 1.64. The van der Waals surface area contributed by atoms with Crippen molar-refractivity contribution in [2.45, 2.75) is 19.6 Å². The van der Waals surface area contributed by atoms with Crippen LogP contribution < -0.4 is 11.1 Å². The number of alkyl carbamates (subject to hydrolysis) is 1. The molecule has 0 fully saturated rings. The molecule has 0 aromatic heterocycles. The second kappa shape index (κ2) is 12.3. The maximum atomic E-state index is 12.2. The predicted octanol–water partition coefficient (Wildman–Crippen LogP) is 2.90. The second-order valence-corrected chi connectivity index (χ2v) is 6.16. The molecule has 7 heteroatoms. The lowest BCUT2D eigenvalue weighted by Gasteiger charge is -2.21. The van der Waals surface area contributed by atoms with Gasteiger partial charge in [0, 0.05) is 26.2 Å². The minimum absolute atomic E-state index is 0.213. The Morgan fingerprint density at radius 1 is 0.857 bits per heavy atom. The van der Waals surface area contributed by atoms with E-state index in [4.69, 9.17) is 15.2 Å². The van der Waals surface area contributed by atoms with E-state index in [1.165, 1.54) is 0 Å². The zero-order valence-corrected chi connectivity index (χ0v) is 15.9. The fourth-order valence-electron chi connectivity index (χ4n) is 2.50. The number of carbonyl (C=O) groups excluding carboxylic acids is 2. The zero-order valence-electron chi connectivity index (χ0n) is 15.9. The van der Waals surface area contributed by atoms with Crippen molar-refractivity contribution >= 4 is 12.2 Å². The summed E-state index contributed by atoms with van der Waals surface area (Å²) >= 11 is 0. The molecule has 2 aromatic rings. The summed E-state index contributed by atoms with van der Waals surface area (Å²) in [7, 11) is 0. The van der Waals surface area contributed by atoms with Crippen molar-refractivity contribution in [2.24, 2.45) is 5.73 Å². The molecule has 0 bridgehead atoms. The minimum atomic E-state index is -0.485. The van der Waals surface area contributed by atoms with Gasteiger partial charge in [-0.3, -0.25) is 0 Å². The first-order valence-corrected chi connectivity index (χ1v) is 9.29. The van der Waals surface area contributed by atoms with E-state index in [1.807, 2.05) is 60.7 Å². The van der Waals surface area contributed by atoms with Crippen molar-refractivity contribution in [3.63, 3.8) is 0 Å². The summed E-state index contributed by atoms with van der Waals surface area (Å²) in [5, 5.41) is 2.68. The molecule has 0 radical (unpaired) electrons. The predicted molar refractivity (Wildman–Crippen MR) is 107 cm³/mol. The number of carbonyl (C=O) groups is 2. The van der Waals surface area contributed by atoms with Gasteiger partial charge in [-0.05, 0) is 17.5 Å². The van der Waals surface area contributed by atoms with Gasteiger partial charge in [-0.2, -0.15) is 0 Å². The molecule has 2 rings (SSSR count). The molecule has 150 valence electrons. The number of ether oxygens (including phenoxy) is 2. The second-order valence-electron chi connectivity index (χ2n) is 6.16. The van der Waals surface area contributed by atoms with Gasteiger partial charge in [0.25, 0.3) is 0 Å². The van der Waals surface area contributed by atoms with Gasteiger partial charge >= 0.3 is 12.2 Å². The van der Waals surface area contributed by atoms with E-state index in [1.54, 1.807) is 4.90 Å². The molecular weight excluding hydrogens is 358 g/mol. The standard InChI is InChI=1S/C21H27N3O4/c22-12-15-24(21(26)28-17-19-10-5-2-6-11-19)14-7-13-23-20(25)27-16-18-8-3-1-4-9-18/h1-6,8-11H,7,12-17,22H2,(H,23,25). The molecule has 0 saturated heterocycles. The van der Waals surface area contributed by atoms with Crippen LogP contribution in [0.3, 0.4) is 0 Å². The van der Waals surface area contributed by atoms with Gasteiger partial charge in [-0.15, -0.1) is 0 Å². The number of hydrogen-bond donors (Lipinski definition) is 2. The van der Waals surface area contributed by atoms with E-state index in [0.29, 0.717) is 32.6 Å². The normalized spacial score (nSPS) is 10.2. The van der Waals surface area contributed by atoms with Crippen LogP contribution in [0.1, 0.15) is 17.5 Å². The molecule has 0 heterocycles. The summed E-state index contributed by atoms with van der Waals surface area (Å²) < 4.78 is 10.5. The van der Waals surface area contributed by atoms with Crippen molar-refractivity contribution in [2.75, 3.05) is 26.2 Å². The van der Waals surface area contributed by atoms with Gasteiger partial charge < -0.3 is 25.4 Å². The van der Waals surface area contributed by atoms with Gasteiger partial charge in [0.15, 0.2) is 0 Å². The highest BCUT2D eigenvalue weighted by Crippen LogP contribution is 2.04. The van der Waals surface area contributed by atoms with E-state index < -0.39 is 12.2 Å². The number of nitrogens with two attached hydrogens (primary N) is 1. The Labute approximate surface area is 165 Å². The van der Waals surface area contributed by atoms with E-state index in [-0.39, 0.29) is 13.2 Å². The highest BCUT2D eigenvalue weighted by atomic mass is 16.6. The lowest BCUT2D eigenvalue weighted by atomic mass is 10.2. The third kappa shape index (κ3) is 8.09. The lowest BCUT2D eigenvalue weighted by molar-refractivity contribution is 0.0965. The first kappa shape index (κ1) is 21.2. The molecule has 2 amide bonds. The van der Waals surface area contributed by atoms with Gasteiger partial charge in [-0.1, -0.05) is 60.7 Å². The van der Waals surface area contributed by atoms with Crippen molar-refractivity contribution < 1.29 is 19.1 Å². The van der Waals surface area contributed by atoms with Gasteiger partial charge in [-0.25, -0.2) is 9.59 Å². The summed E-state index contributed by atoms with van der Waals surface area (Å²) in [6.07, 6.45) is -0.331. The monoisotopic (exact) mass is 385 g/mol. The third-order valence-corrected chi connectivity index (χ3v) is 3.95. The SMILES string of the molecule is NCCN(CCCNC(=O)OCc1ccccc1)C(=O)OCc1ccccc1. The number of amides is 2. The number of nitrogens with zero attached hydrogens (tertiary/aromatic N) is 1. The highest BCUT2D eigenvalue weighted by Gasteiger charge is 2.14. The average Bonchev–Trinajstić information content (AvgIpc) is 2.74. The molecular formula is C21H27N3O4. The number of nitrogens with one attached hydrogen (secondary N) is 1. The average molecular weight is 385 g/mol. The smallest absolute Gasteiger partial charge is 0.410 e. The molecule has 2 aromatic carbocycles. The van der Waals surface area contributed by atoms with E-state index >= 15 is 0 Å². The van der Waals surface area contributed by atoms with Crippen LogP contribution in [0.25, 0.3) is 0 Å². The molecule has 0 aliphatic carbocycles. The van der Waals surface area contributed by atoms with E-state index in [9.17, 15) is 9.59 Å². The molecule has 0 atom stereocenters. The number of hydrogen-bond acceptors (Lipinski definition) is 5. The fourth-order valence-corrected chi connectivity index (χ4v) is 2.50. The number of benzene rings is 2. The quantitative estimate of drug-likeness (QED) is 0.613. The Kier molecular flexibility index (Phi) is 9.37.